The Kier molecular flexibility index (Phi) is 5.22. The molecule has 1 aliphatic heterocycles. The number of nitrogens with one attached hydrogen (secondary N) is 1. The number of nitrogens with zero attached hydrogens (tertiary/aromatic N) is 5. The van der Waals surface area contributed by atoms with E-state index in [2.05, 4.69) is 32.2 Å². The fraction of sp³-hybridized carbons (Fsp3) is 0.231. The van der Waals surface area contributed by atoms with Crippen LogP contribution in [0.1, 0.15) is 39.6 Å². The third-order valence-corrected chi connectivity index (χ3v) is 7.05. The summed E-state index contributed by atoms with van der Waals surface area (Å²) in [5.74, 6) is 0.970. The average Bonchev–Trinajstić information content (AvgIpc) is 3.59. The van der Waals surface area contributed by atoms with Gasteiger partial charge in [-0.15, -0.1) is 11.3 Å². The van der Waals surface area contributed by atoms with E-state index in [0.717, 1.165) is 52.5 Å². The largest absolute Gasteiger partial charge is 0.334 e. The first kappa shape index (κ1) is 20.8. The van der Waals surface area contributed by atoms with Gasteiger partial charge >= 0.3 is 0 Å². The van der Waals surface area contributed by atoms with Crippen LogP contribution >= 0.6 is 11.3 Å². The molecule has 34 heavy (non-hydrogen) atoms. The third-order valence-electron chi connectivity index (χ3n) is 6.19. The van der Waals surface area contributed by atoms with E-state index in [4.69, 9.17) is 4.98 Å². The minimum Gasteiger partial charge on any atom is -0.334 e. The number of benzene rings is 1. The first-order chi connectivity index (χ1) is 16.6. The number of aryl methyl sites for hydroxylation is 3. The van der Waals surface area contributed by atoms with Crippen LogP contribution in [0.5, 0.6) is 0 Å². The number of amides is 1. The van der Waals surface area contributed by atoms with E-state index in [1.807, 2.05) is 53.4 Å². The van der Waals surface area contributed by atoms with Crippen LogP contribution in [0.2, 0.25) is 0 Å². The molecule has 1 N–H and O–H groups in total. The predicted octanol–water partition coefficient (Wildman–Crippen LogP) is 5.30. The molecule has 0 aliphatic carbocycles. The molecule has 1 aromatic carbocycles. The molecule has 7 nitrogen and oxygen atoms in total. The number of hydrogen-bond acceptors (Lipinski definition) is 5. The zero-order valence-electron chi connectivity index (χ0n) is 18.9. The van der Waals surface area contributed by atoms with Gasteiger partial charge in [0.1, 0.15) is 5.82 Å². The molecule has 5 aromatic rings. The first-order valence-electron chi connectivity index (χ1n) is 11.5. The maximum Gasteiger partial charge on any atom is 0.256 e. The third kappa shape index (κ3) is 3.90. The summed E-state index contributed by atoms with van der Waals surface area (Å²) in [5, 5.41) is 10.4. The number of hydrogen-bond donors (Lipinski definition) is 1. The van der Waals surface area contributed by atoms with Crippen LogP contribution in [-0.2, 0) is 19.5 Å². The quantitative estimate of drug-likeness (QED) is 0.380. The summed E-state index contributed by atoms with van der Waals surface area (Å²) < 4.78 is 4.10. The van der Waals surface area contributed by atoms with Crippen LogP contribution in [0.15, 0.2) is 60.2 Å². The van der Waals surface area contributed by atoms with Crippen molar-refractivity contribution in [3.05, 3.63) is 82.2 Å². The summed E-state index contributed by atoms with van der Waals surface area (Å²) in [7, 11) is 0. The van der Waals surface area contributed by atoms with Gasteiger partial charge in [-0.2, -0.15) is 5.10 Å². The van der Waals surface area contributed by atoms with Crippen molar-refractivity contribution in [3.8, 4) is 11.3 Å². The lowest BCUT2D eigenvalue weighted by atomic mass is 10.1. The second-order valence-corrected chi connectivity index (χ2v) is 9.69. The second-order valence-electron chi connectivity index (χ2n) is 8.66. The number of imidazole rings is 1. The number of carbonyl (C=O) groups is 1. The van der Waals surface area contributed by atoms with E-state index < -0.39 is 0 Å². The van der Waals surface area contributed by atoms with Gasteiger partial charge in [-0.3, -0.25) is 4.79 Å². The molecule has 0 saturated carbocycles. The van der Waals surface area contributed by atoms with Gasteiger partial charge in [-0.25, -0.2) is 14.6 Å². The standard InChI is InChI=1S/C26H24N6OS/c1-17-12-21(22-14-27-32(25(22)28-17)15-20-8-5-11-34-20)26(33)29-19-7-4-6-18(13-19)23-16-31-10-3-2-9-24(31)30-23/h4-8,11-14,16H,2-3,9-10,15H2,1H3,(H,29,33). The highest BCUT2D eigenvalue weighted by Gasteiger charge is 2.18. The molecular formula is C26H24N6OS. The molecule has 0 fully saturated rings. The van der Waals surface area contributed by atoms with Crippen LogP contribution in [0.4, 0.5) is 5.69 Å². The molecule has 1 amide bonds. The monoisotopic (exact) mass is 468 g/mol. The molecule has 8 heteroatoms. The Balaban J connectivity index is 1.28. The molecule has 0 atom stereocenters. The molecule has 4 aromatic heterocycles. The fourth-order valence-electron chi connectivity index (χ4n) is 4.53. The molecule has 5 heterocycles. The Hall–Kier alpha value is -3.78. The van der Waals surface area contributed by atoms with Crippen molar-refractivity contribution in [2.75, 3.05) is 5.32 Å². The summed E-state index contributed by atoms with van der Waals surface area (Å²) in [5.41, 5.74) is 4.76. The molecule has 0 bridgehead atoms. The minimum atomic E-state index is -0.174. The van der Waals surface area contributed by atoms with E-state index in [9.17, 15) is 4.79 Å². The SMILES string of the molecule is Cc1cc(C(=O)Nc2cccc(-c3cn4c(n3)CCCC4)c2)c2cnn(Cc3cccs3)c2n1. The highest BCUT2D eigenvalue weighted by Crippen LogP contribution is 2.26. The Labute approximate surface area is 201 Å². The van der Waals surface area contributed by atoms with Crippen molar-refractivity contribution in [1.29, 1.82) is 0 Å². The van der Waals surface area contributed by atoms with Crippen molar-refractivity contribution >= 4 is 34.0 Å². The van der Waals surface area contributed by atoms with Crippen LogP contribution < -0.4 is 5.32 Å². The molecule has 170 valence electrons. The highest BCUT2D eigenvalue weighted by molar-refractivity contribution is 7.09. The first-order valence-corrected chi connectivity index (χ1v) is 12.4. The van der Waals surface area contributed by atoms with Crippen molar-refractivity contribution in [2.45, 2.75) is 39.3 Å². The Bertz CT molecular complexity index is 1470. The van der Waals surface area contributed by atoms with Gasteiger partial charge in [0.25, 0.3) is 5.91 Å². The molecule has 0 radical (unpaired) electrons. The summed E-state index contributed by atoms with van der Waals surface area (Å²) in [6, 6.07) is 13.8. The number of pyridine rings is 1. The fourth-order valence-corrected chi connectivity index (χ4v) is 5.22. The highest BCUT2D eigenvalue weighted by atomic mass is 32.1. The number of carbonyl (C=O) groups excluding carboxylic acids is 1. The van der Waals surface area contributed by atoms with E-state index >= 15 is 0 Å². The van der Waals surface area contributed by atoms with Gasteiger partial charge in [0.15, 0.2) is 5.65 Å². The normalized spacial score (nSPS) is 13.2. The Morgan fingerprint density at radius 2 is 2.09 bits per heavy atom. The predicted molar refractivity (Wildman–Crippen MR) is 134 cm³/mol. The smallest absolute Gasteiger partial charge is 0.256 e. The minimum absolute atomic E-state index is 0.174. The number of anilines is 1. The number of thiophene rings is 1. The van der Waals surface area contributed by atoms with Crippen molar-refractivity contribution in [3.63, 3.8) is 0 Å². The maximum absolute atomic E-state index is 13.3. The summed E-state index contributed by atoms with van der Waals surface area (Å²) in [6.45, 7) is 3.56. The Morgan fingerprint density at radius 3 is 2.94 bits per heavy atom. The zero-order valence-corrected chi connectivity index (χ0v) is 19.7. The number of fused-ring (bicyclic) bond motifs is 2. The molecular weight excluding hydrogens is 444 g/mol. The molecule has 1 aliphatic rings. The lowest BCUT2D eigenvalue weighted by Crippen LogP contribution is -2.13. The summed E-state index contributed by atoms with van der Waals surface area (Å²) in [4.78, 5) is 24.0. The van der Waals surface area contributed by atoms with Gasteiger partial charge in [0.05, 0.1) is 29.4 Å². The van der Waals surface area contributed by atoms with E-state index in [0.29, 0.717) is 12.1 Å². The topological polar surface area (TPSA) is 77.6 Å². The second kappa shape index (κ2) is 8.53. The number of aromatic nitrogens is 5. The molecule has 0 unspecified atom stereocenters. The van der Waals surface area contributed by atoms with Gasteiger partial charge in [-0.1, -0.05) is 18.2 Å². The summed E-state index contributed by atoms with van der Waals surface area (Å²) in [6.07, 6.45) is 7.26. The maximum atomic E-state index is 13.3. The molecule has 0 saturated heterocycles. The summed E-state index contributed by atoms with van der Waals surface area (Å²) >= 11 is 1.68. The molecule has 0 spiro atoms. The Morgan fingerprint density at radius 1 is 1.15 bits per heavy atom. The van der Waals surface area contributed by atoms with E-state index in [1.54, 1.807) is 17.5 Å². The average molecular weight is 469 g/mol. The van der Waals surface area contributed by atoms with Crippen molar-refractivity contribution in [1.82, 2.24) is 24.3 Å². The van der Waals surface area contributed by atoms with Gasteiger partial charge in [0.2, 0.25) is 0 Å². The van der Waals surface area contributed by atoms with E-state index in [-0.39, 0.29) is 5.91 Å². The van der Waals surface area contributed by atoms with E-state index in [1.165, 1.54) is 17.7 Å². The van der Waals surface area contributed by atoms with Crippen molar-refractivity contribution < 1.29 is 4.79 Å². The molecule has 6 rings (SSSR count). The van der Waals surface area contributed by atoms with Crippen LogP contribution in [0, 0.1) is 6.92 Å². The lowest BCUT2D eigenvalue weighted by Gasteiger charge is -2.11. The van der Waals surface area contributed by atoms with Crippen LogP contribution in [0.3, 0.4) is 0 Å². The zero-order chi connectivity index (χ0) is 23.1. The van der Waals surface area contributed by atoms with Crippen LogP contribution in [0.25, 0.3) is 22.3 Å². The van der Waals surface area contributed by atoms with Crippen molar-refractivity contribution in [2.24, 2.45) is 0 Å². The lowest BCUT2D eigenvalue weighted by molar-refractivity contribution is 0.102. The van der Waals surface area contributed by atoms with Gasteiger partial charge < -0.3 is 9.88 Å². The van der Waals surface area contributed by atoms with Gasteiger partial charge in [-0.05, 0) is 49.4 Å². The van der Waals surface area contributed by atoms with Gasteiger partial charge in [0, 0.05) is 41.0 Å². The van der Waals surface area contributed by atoms with Crippen LogP contribution in [-0.4, -0.2) is 30.2 Å². The number of rotatable bonds is 5.